The first-order valence-corrected chi connectivity index (χ1v) is 11.3. The van der Waals surface area contributed by atoms with Crippen LogP contribution in [0.2, 0.25) is 0 Å². The summed E-state index contributed by atoms with van der Waals surface area (Å²) in [6, 6.07) is 11.0. The fraction of sp³-hybridized carbons (Fsp3) is 0.462. The van der Waals surface area contributed by atoms with Crippen LogP contribution in [-0.4, -0.2) is 11.0 Å². The predicted molar refractivity (Wildman–Crippen MR) is 119 cm³/mol. The third-order valence-electron chi connectivity index (χ3n) is 6.49. The number of carbonyl (C=O) groups is 1. The summed E-state index contributed by atoms with van der Waals surface area (Å²) in [5.74, 6) is 0.369. The third kappa shape index (κ3) is 4.48. The molecule has 158 valence electrons. The second-order valence-corrected chi connectivity index (χ2v) is 8.77. The number of ether oxygens (including phenoxy) is 1. The normalized spacial score (nSPS) is 19.3. The van der Waals surface area contributed by atoms with Crippen LogP contribution in [0.5, 0.6) is 5.75 Å². The van der Waals surface area contributed by atoms with Crippen LogP contribution in [0.1, 0.15) is 63.9 Å². The summed E-state index contributed by atoms with van der Waals surface area (Å²) in [4.78, 5) is 16.8. The van der Waals surface area contributed by atoms with Gasteiger partial charge in [-0.05, 0) is 73.7 Å². The number of nitrogens with zero attached hydrogens (tertiary/aromatic N) is 1. The summed E-state index contributed by atoms with van der Waals surface area (Å²) in [7, 11) is 0. The van der Waals surface area contributed by atoms with Crippen LogP contribution in [0.4, 0.5) is 4.39 Å². The Morgan fingerprint density at radius 2 is 1.80 bits per heavy atom. The molecule has 1 aliphatic rings. The van der Waals surface area contributed by atoms with Crippen molar-refractivity contribution >= 4 is 27.6 Å². The van der Waals surface area contributed by atoms with Gasteiger partial charge in [0.15, 0.2) is 0 Å². The van der Waals surface area contributed by atoms with Crippen molar-refractivity contribution in [2.45, 2.75) is 65.2 Å². The lowest BCUT2D eigenvalue weighted by Crippen LogP contribution is -2.25. The zero-order valence-corrected chi connectivity index (χ0v) is 17.9. The number of rotatable bonds is 6. The minimum absolute atomic E-state index is 0.0503. The van der Waals surface area contributed by atoms with Crippen molar-refractivity contribution in [3.63, 3.8) is 0 Å². The number of benzene rings is 2. The largest absolute Gasteiger partial charge is 0.426 e. The molecule has 0 aliphatic heterocycles. The molecule has 0 bridgehead atoms. The standard InChI is InChI=1S/C26H30FNO2/c1-3-4-5-6-18-8-10-19(11-9-18)26(29)30-20-12-14-21-22-13-7-17(2)15-24(22)28-25(27)23(21)16-20/h7,12-16,18-19H,3-6,8-11H2,1-2H3. The minimum Gasteiger partial charge on any atom is -0.426 e. The summed E-state index contributed by atoms with van der Waals surface area (Å²) in [6.45, 7) is 4.19. The Balaban J connectivity index is 1.45. The first-order chi connectivity index (χ1) is 14.5. The number of carbonyl (C=O) groups excluding carboxylic acids is 1. The molecule has 0 amide bonds. The molecular formula is C26H30FNO2. The van der Waals surface area contributed by atoms with Crippen LogP contribution in [0, 0.1) is 24.7 Å². The quantitative estimate of drug-likeness (QED) is 0.143. The van der Waals surface area contributed by atoms with Gasteiger partial charge in [-0.2, -0.15) is 4.39 Å². The Kier molecular flexibility index (Phi) is 6.31. The van der Waals surface area contributed by atoms with Crippen molar-refractivity contribution in [3.05, 3.63) is 47.9 Å². The number of unbranched alkanes of at least 4 members (excludes halogenated alkanes) is 2. The Bertz CT molecular complexity index is 1050. The molecule has 1 saturated carbocycles. The highest BCUT2D eigenvalue weighted by atomic mass is 19.1. The molecule has 0 N–H and O–H groups in total. The van der Waals surface area contributed by atoms with Crippen LogP contribution in [-0.2, 0) is 4.79 Å². The van der Waals surface area contributed by atoms with Gasteiger partial charge in [0.25, 0.3) is 0 Å². The van der Waals surface area contributed by atoms with E-state index in [1.165, 1.54) is 25.7 Å². The van der Waals surface area contributed by atoms with Gasteiger partial charge in [-0.15, -0.1) is 0 Å². The molecule has 1 fully saturated rings. The molecule has 0 radical (unpaired) electrons. The van der Waals surface area contributed by atoms with Gasteiger partial charge < -0.3 is 4.74 Å². The van der Waals surface area contributed by atoms with E-state index in [1.54, 1.807) is 12.1 Å². The number of fused-ring (bicyclic) bond motifs is 3. The molecule has 30 heavy (non-hydrogen) atoms. The van der Waals surface area contributed by atoms with Crippen molar-refractivity contribution in [2.75, 3.05) is 0 Å². The van der Waals surface area contributed by atoms with Crippen LogP contribution in [0.25, 0.3) is 21.7 Å². The van der Waals surface area contributed by atoms with Gasteiger partial charge in [0.1, 0.15) is 5.75 Å². The van der Waals surface area contributed by atoms with E-state index in [0.29, 0.717) is 16.7 Å². The summed E-state index contributed by atoms with van der Waals surface area (Å²) in [5, 5.41) is 2.07. The number of hydrogen-bond donors (Lipinski definition) is 0. The van der Waals surface area contributed by atoms with Gasteiger partial charge in [-0.1, -0.05) is 44.7 Å². The lowest BCUT2D eigenvalue weighted by atomic mass is 9.80. The van der Waals surface area contributed by atoms with E-state index in [-0.39, 0.29) is 11.9 Å². The molecule has 4 heteroatoms. The van der Waals surface area contributed by atoms with Gasteiger partial charge in [0.05, 0.1) is 11.4 Å². The van der Waals surface area contributed by atoms with E-state index in [0.717, 1.165) is 47.9 Å². The van der Waals surface area contributed by atoms with Crippen molar-refractivity contribution in [1.29, 1.82) is 0 Å². The van der Waals surface area contributed by atoms with E-state index in [2.05, 4.69) is 11.9 Å². The molecule has 0 spiro atoms. The third-order valence-corrected chi connectivity index (χ3v) is 6.49. The van der Waals surface area contributed by atoms with E-state index < -0.39 is 5.95 Å². The average Bonchev–Trinajstić information content (AvgIpc) is 2.74. The van der Waals surface area contributed by atoms with Crippen LogP contribution < -0.4 is 4.74 Å². The Morgan fingerprint density at radius 1 is 1.03 bits per heavy atom. The van der Waals surface area contributed by atoms with E-state index in [9.17, 15) is 9.18 Å². The van der Waals surface area contributed by atoms with Crippen molar-refractivity contribution < 1.29 is 13.9 Å². The minimum atomic E-state index is -0.534. The zero-order valence-electron chi connectivity index (χ0n) is 17.9. The molecule has 1 aliphatic carbocycles. The molecule has 0 unspecified atom stereocenters. The maximum Gasteiger partial charge on any atom is 0.314 e. The molecule has 0 saturated heterocycles. The average molecular weight is 408 g/mol. The first kappa shape index (κ1) is 20.8. The highest BCUT2D eigenvalue weighted by Crippen LogP contribution is 2.34. The van der Waals surface area contributed by atoms with Crippen molar-refractivity contribution in [2.24, 2.45) is 11.8 Å². The topological polar surface area (TPSA) is 39.2 Å². The van der Waals surface area contributed by atoms with E-state index >= 15 is 0 Å². The highest BCUT2D eigenvalue weighted by molar-refractivity contribution is 6.06. The predicted octanol–water partition coefficient (Wildman–Crippen LogP) is 7.13. The van der Waals surface area contributed by atoms with Gasteiger partial charge in [0, 0.05) is 10.8 Å². The molecule has 1 heterocycles. The summed E-state index contributed by atoms with van der Waals surface area (Å²) in [5.41, 5.74) is 1.68. The highest BCUT2D eigenvalue weighted by Gasteiger charge is 2.27. The maximum absolute atomic E-state index is 14.6. The number of hydrogen-bond acceptors (Lipinski definition) is 3. The van der Waals surface area contributed by atoms with E-state index in [1.807, 2.05) is 31.2 Å². The van der Waals surface area contributed by atoms with Gasteiger partial charge in [-0.25, -0.2) is 4.98 Å². The molecular weight excluding hydrogens is 377 g/mol. The second kappa shape index (κ2) is 9.11. The fourth-order valence-electron chi connectivity index (χ4n) is 4.69. The van der Waals surface area contributed by atoms with Gasteiger partial charge in [-0.3, -0.25) is 4.79 Å². The number of aromatic nitrogens is 1. The lowest BCUT2D eigenvalue weighted by molar-refractivity contribution is -0.140. The Labute approximate surface area is 177 Å². The zero-order chi connectivity index (χ0) is 21.1. The first-order valence-electron chi connectivity index (χ1n) is 11.3. The second-order valence-electron chi connectivity index (χ2n) is 8.77. The molecule has 3 aromatic rings. The molecule has 0 atom stereocenters. The summed E-state index contributed by atoms with van der Waals surface area (Å²) < 4.78 is 20.3. The smallest absolute Gasteiger partial charge is 0.314 e. The molecule has 3 nitrogen and oxygen atoms in total. The van der Waals surface area contributed by atoms with Crippen LogP contribution >= 0.6 is 0 Å². The number of aryl methyl sites for hydroxylation is 1. The van der Waals surface area contributed by atoms with Crippen LogP contribution in [0.3, 0.4) is 0 Å². The molecule has 4 rings (SSSR count). The van der Waals surface area contributed by atoms with Gasteiger partial charge in [0.2, 0.25) is 5.95 Å². The summed E-state index contributed by atoms with van der Waals surface area (Å²) in [6.07, 6.45) is 9.10. The number of esters is 1. The van der Waals surface area contributed by atoms with Crippen molar-refractivity contribution in [1.82, 2.24) is 4.98 Å². The monoisotopic (exact) mass is 407 g/mol. The van der Waals surface area contributed by atoms with Gasteiger partial charge >= 0.3 is 5.97 Å². The van der Waals surface area contributed by atoms with Crippen LogP contribution in [0.15, 0.2) is 36.4 Å². The van der Waals surface area contributed by atoms with Crippen molar-refractivity contribution in [3.8, 4) is 5.75 Å². The lowest BCUT2D eigenvalue weighted by Gasteiger charge is -2.27. The Morgan fingerprint density at radius 3 is 2.57 bits per heavy atom. The SMILES string of the molecule is CCCCCC1CCC(C(=O)Oc2ccc3c(c2)c(F)nc2cc(C)ccc23)CC1. The fourth-order valence-corrected chi connectivity index (χ4v) is 4.69. The Hall–Kier alpha value is -2.49. The summed E-state index contributed by atoms with van der Waals surface area (Å²) >= 11 is 0. The molecule has 2 aromatic carbocycles. The molecule has 1 aromatic heterocycles. The number of halogens is 1. The van der Waals surface area contributed by atoms with E-state index in [4.69, 9.17) is 4.74 Å². The maximum atomic E-state index is 14.6. The number of pyridine rings is 1.